The maximum atomic E-state index is 12.0. The quantitative estimate of drug-likeness (QED) is 0.772. The summed E-state index contributed by atoms with van der Waals surface area (Å²) < 4.78 is 7.20. The van der Waals surface area contributed by atoms with Crippen LogP contribution in [0.15, 0.2) is 6.07 Å². The third-order valence-electron chi connectivity index (χ3n) is 2.78. The highest BCUT2D eigenvalue weighted by molar-refractivity contribution is 5.92. The number of nitrogens with zero attached hydrogens (tertiary/aromatic N) is 3. The fourth-order valence-corrected chi connectivity index (χ4v) is 1.84. The van der Waals surface area contributed by atoms with Gasteiger partial charge in [-0.25, -0.2) is 4.68 Å². The van der Waals surface area contributed by atoms with Crippen molar-refractivity contribution in [1.82, 2.24) is 14.7 Å². The molecular formula is C11H17N3O2. The number of aromatic nitrogens is 2. The molecule has 1 aliphatic rings. The van der Waals surface area contributed by atoms with Gasteiger partial charge >= 0.3 is 0 Å². The van der Waals surface area contributed by atoms with Crippen LogP contribution in [0.1, 0.15) is 30.8 Å². The van der Waals surface area contributed by atoms with E-state index < -0.39 is 0 Å². The first-order chi connectivity index (χ1) is 7.76. The number of aryl methyl sites for hydroxylation is 1. The van der Waals surface area contributed by atoms with Crippen LogP contribution in [0.3, 0.4) is 0 Å². The van der Waals surface area contributed by atoms with E-state index in [1.165, 1.54) is 0 Å². The van der Waals surface area contributed by atoms with Crippen LogP contribution in [0.2, 0.25) is 0 Å². The molecule has 1 aromatic heterocycles. The number of ether oxygens (including phenoxy) is 1. The topological polar surface area (TPSA) is 47.4 Å². The van der Waals surface area contributed by atoms with Crippen LogP contribution in [0, 0.1) is 0 Å². The summed E-state index contributed by atoms with van der Waals surface area (Å²) in [5.41, 5.74) is 0.487. The van der Waals surface area contributed by atoms with E-state index in [4.69, 9.17) is 4.74 Å². The Hall–Kier alpha value is -1.52. The van der Waals surface area contributed by atoms with E-state index in [0.29, 0.717) is 31.3 Å². The number of hydrogen-bond donors (Lipinski definition) is 0. The number of fused-ring (bicyclic) bond motifs is 1. The van der Waals surface area contributed by atoms with Gasteiger partial charge in [-0.3, -0.25) is 4.79 Å². The minimum absolute atomic E-state index is 0.0181. The Kier molecular flexibility index (Phi) is 3.12. The van der Waals surface area contributed by atoms with E-state index in [1.54, 1.807) is 15.6 Å². The van der Waals surface area contributed by atoms with Crippen molar-refractivity contribution in [2.24, 2.45) is 0 Å². The average Bonchev–Trinajstić information content (AvgIpc) is 2.74. The molecule has 0 aliphatic carbocycles. The van der Waals surface area contributed by atoms with E-state index in [1.807, 2.05) is 13.8 Å². The fraction of sp³-hybridized carbons (Fsp3) is 0.636. The van der Waals surface area contributed by atoms with E-state index in [-0.39, 0.29) is 5.91 Å². The molecule has 1 aromatic rings. The molecule has 5 heteroatoms. The molecule has 0 atom stereocenters. The fourth-order valence-electron chi connectivity index (χ4n) is 1.84. The first kappa shape index (κ1) is 11.0. The molecule has 0 saturated carbocycles. The van der Waals surface area contributed by atoms with Gasteiger partial charge in [0.2, 0.25) is 5.88 Å². The molecule has 0 aromatic carbocycles. The summed E-state index contributed by atoms with van der Waals surface area (Å²) >= 11 is 0. The molecule has 16 heavy (non-hydrogen) atoms. The molecule has 1 amide bonds. The largest absolute Gasteiger partial charge is 0.478 e. The van der Waals surface area contributed by atoms with E-state index in [0.717, 1.165) is 13.0 Å². The monoisotopic (exact) mass is 223 g/mol. The van der Waals surface area contributed by atoms with Crippen molar-refractivity contribution in [2.45, 2.75) is 26.8 Å². The van der Waals surface area contributed by atoms with Crippen molar-refractivity contribution in [2.75, 3.05) is 19.7 Å². The lowest BCUT2D eigenvalue weighted by molar-refractivity contribution is 0.0766. The number of hydrogen-bond acceptors (Lipinski definition) is 3. The minimum Gasteiger partial charge on any atom is -0.478 e. The van der Waals surface area contributed by atoms with Gasteiger partial charge in [0.1, 0.15) is 0 Å². The van der Waals surface area contributed by atoms with E-state index >= 15 is 0 Å². The molecule has 0 unspecified atom stereocenters. The van der Waals surface area contributed by atoms with Crippen molar-refractivity contribution in [3.05, 3.63) is 11.8 Å². The van der Waals surface area contributed by atoms with Gasteiger partial charge in [-0.2, -0.15) is 5.10 Å². The summed E-state index contributed by atoms with van der Waals surface area (Å²) in [6, 6.07) is 1.74. The van der Waals surface area contributed by atoms with Gasteiger partial charge in [0.15, 0.2) is 5.69 Å². The van der Waals surface area contributed by atoms with Gasteiger partial charge in [-0.1, -0.05) is 0 Å². The highest BCUT2D eigenvalue weighted by atomic mass is 16.5. The lowest BCUT2D eigenvalue weighted by Crippen LogP contribution is -2.30. The van der Waals surface area contributed by atoms with E-state index in [9.17, 15) is 4.79 Å². The summed E-state index contributed by atoms with van der Waals surface area (Å²) in [7, 11) is 0. The molecule has 88 valence electrons. The highest BCUT2D eigenvalue weighted by Crippen LogP contribution is 2.19. The molecular weight excluding hydrogens is 206 g/mol. The van der Waals surface area contributed by atoms with Gasteiger partial charge in [0.05, 0.1) is 6.61 Å². The maximum Gasteiger partial charge on any atom is 0.274 e. The number of rotatable bonds is 3. The van der Waals surface area contributed by atoms with Crippen LogP contribution in [0.4, 0.5) is 0 Å². The highest BCUT2D eigenvalue weighted by Gasteiger charge is 2.20. The van der Waals surface area contributed by atoms with Gasteiger partial charge in [-0.05, 0) is 13.8 Å². The Bertz CT molecular complexity index is 359. The number of carbonyl (C=O) groups excluding carboxylic acids is 1. The molecule has 0 bridgehead atoms. The first-order valence-corrected chi connectivity index (χ1v) is 5.76. The maximum absolute atomic E-state index is 12.0. The zero-order chi connectivity index (χ0) is 11.5. The number of amides is 1. The van der Waals surface area contributed by atoms with Gasteiger partial charge < -0.3 is 9.64 Å². The summed E-state index contributed by atoms with van der Waals surface area (Å²) in [6.07, 6.45) is 0.952. The summed E-state index contributed by atoms with van der Waals surface area (Å²) in [5, 5.41) is 4.27. The molecule has 1 aliphatic heterocycles. The van der Waals surface area contributed by atoms with Crippen molar-refractivity contribution >= 4 is 5.91 Å². The van der Waals surface area contributed by atoms with Gasteiger partial charge in [-0.15, -0.1) is 0 Å². The van der Waals surface area contributed by atoms with Crippen LogP contribution in [-0.2, 0) is 6.54 Å². The Balaban J connectivity index is 2.20. The second kappa shape index (κ2) is 4.55. The van der Waals surface area contributed by atoms with Crippen LogP contribution in [0.5, 0.6) is 5.88 Å². The third kappa shape index (κ3) is 1.89. The van der Waals surface area contributed by atoms with E-state index in [2.05, 4.69) is 5.10 Å². The lowest BCUT2D eigenvalue weighted by Gasteiger charge is -2.16. The van der Waals surface area contributed by atoms with Gasteiger partial charge in [0.25, 0.3) is 5.91 Å². The SMILES string of the molecule is CCN(CC)C(=O)c1cc2n(n1)CCCO2. The van der Waals surface area contributed by atoms with Crippen LogP contribution < -0.4 is 4.74 Å². The zero-order valence-electron chi connectivity index (χ0n) is 9.77. The summed E-state index contributed by atoms with van der Waals surface area (Å²) in [6.45, 7) is 6.89. The normalized spacial score (nSPS) is 14.1. The molecule has 0 saturated heterocycles. The van der Waals surface area contributed by atoms with Crippen molar-refractivity contribution in [3.8, 4) is 5.88 Å². The molecule has 5 nitrogen and oxygen atoms in total. The third-order valence-corrected chi connectivity index (χ3v) is 2.78. The van der Waals surface area contributed by atoms with Gasteiger partial charge in [0, 0.05) is 32.1 Å². The smallest absolute Gasteiger partial charge is 0.274 e. The van der Waals surface area contributed by atoms with Crippen molar-refractivity contribution < 1.29 is 9.53 Å². The Morgan fingerprint density at radius 3 is 2.94 bits per heavy atom. The van der Waals surface area contributed by atoms with Crippen LogP contribution in [0.25, 0.3) is 0 Å². The van der Waals surface area contributed by atoms with Crippen molar-refractivity contribution in [3.63, 3.8) is 0 Å². The predicted molar refractivity (Wildman–Crippen MR) is 59.6 cm³/mol. The second-order valence-corrected chi connectivity index (χ2v) is 3.77. The predicted octanol–water partition coefficient (Wildman–Crippen LogP) is 1.15. The van der Waals surface area contributed by atoms with Crippen molar-refractivity contribution in [1.29, 1.82) is 0 Å². The summed E-state index contributed by atoms with van der Waals surface area (Å²) in [4.78, 5) is 13.8. The standard InChI is InChI=1S/C11H17N3O2/c1-3-13(4-2)11(15)9-8-10-14(12-9)6-5-7-16-10/h8H,3-7H2,1-2H3. The second-order valence-electron chi connectivity index (χ2n) is 3.77. The average molecular weight is 223 g/mol. The first-order valence-electron chi connectivity index (χ1n) is 5.76. The number of carbonyl (C=O) groups is 1. The molecule has 0 N–H and O–H groups in total. The molecule has 0 spiro atoms. The zero-order valence-corrected chi connectivity index (χ0v) is 9.77. The Morgan fingerprint density at radius 1 is 1.56 bits per heavy atom. The molecule has 2 heterocycles. The Labute approximate surface area is 95.0 Å². The summed E-state index contributed by atoms with van der Waals surface area (Å²) in [5.74, 6) is 0.692. The Morgan fingerprint density at radius 2 is 2.31 bits per heavy atom. The van der Waals surface area contributed by atoms with Crippen LogP contribution in [-0.4, -0.2) is 40.3 Å². The molecule has 2 rings (SSSR count). The minimum atomic E-state index is -0.0181. The lowest BCUT2D eigenvalue weighted by atomic mass is 10.3. The van der Waals surface area contributed by atoms with Crippen LogP contribution >= 0.6 is 0 Å². The molecule has 0 fully saturated rings. The molecule has 0 radical (unpaired) electrons.